The van der Waals surface area contributed by atoms with Crippen LogP contribution in [0.3, 0.4) is 0 Å². The van der Waals surface area contributed by atoms with Crippen molar-refractivity contribution >= 4 is 40.9 Å². The molecule has 0 radical (unpaired) electrons. The number of ether oxygens (including phenoxy) is 1. The lowest BCUT2D eigenvalue weighted by Gasteiger charge is -2.42. The molecular weight excluding hydrogens is 564 g/mol. The summed E-state index contributed by atoms with van der Waals surface area (Å²) >= 11 is 1.63. The highest BCUT2D eigenvalue weighted by Gasteiger charge is 2.47. The number of nitrogens with zero attached hydrogens (tertiary/aromatic N) is 5. The van der Waals surface area contributed by atoms with E-state index >= 15 is 0 Å². The Bertz CT molecular complexity index is 957. The number of aryl methyl sites for hydroxylation is 1. The summed E-state index contributed by atoms with van der Waals surface area (Å²) in [5.41, 5.74) is -0.789. The van der Waals surface area contributed by atoms with E-state index in [1.165, 1.54) is 4.68 Å². The van der Waals surface area contributed by atoms with E-state index in [0.717, 1.165) is 11.1 Å². The smallest absolute Gasteiger partial charge is 0.433 e. The predicted octanol–water partition coefficient (Wildman–Crippen LogP) is 4.55. The highest BCUT2D eigenvalue weighted by atomic mass is 127. The molecule has 0 unspecified atom stereocenters. The molecule has 0 aromatic carbocycles. The fourth-order valence-electron chi connectivity index (χ4n) is 3.48. The summed E-state index contributed by atoms with van der Waals surface area (Å²) in [7, 11) is 1.59. The lowest BCUT2D eigenvalue weighted by atomic mass is 9.88. The van der Waals surface area contributed by atoms with Crippen molar-refractivity contribution in [2.24, 2.45) is 23.0 Å². The largest absolute Gasteiger partial charge is 0.484 e. The van der Waals surface area contributed by atoms with Crippen LogP contribution in [0.2, 0.25) is 0 Å². The fraction of sp³-hybridized carbons (Fsp3) is 0.500. The predicted molar refractivity (Wildman–Crippen MR) is 122 cm³/mol. The minimum absolute atomic E-state index is 0.0116. The van der Waals surface area contributed by atoms with Crippen LogP contribution in [0.25, 0.3) is 0 Å². The summed E-state index contributed by atoms with van der Waals surface area (Å²) in [6.45, 7) is 7.04. The molecule has 1 aromatic heterocycles. The second-order valence-corrected chi connectivity index (χ2v) is 8.62. The maximum absolute atomic E-state index is 14.3. The Morgan fingerprint density at radius 2 is 2.12 bits per heavy atom. The molecule has 2 heterocycles. The zero-order chi connectivity index (χ0) is 25.0. The number of piperidine rings is 1. The van der Waals surface area contributed by atoms with E-state index in [0.29, 0.717) is 11.6 Å². The minimum Gasteiger partial charge on any atom is -0.484 e. The molecular formula is C20H23F5IN5O2. The summed E-state index contributed by atoms with van der Waals surface area (Å²) < 4.78 is 73.8. The fourth-order valence-corrected chi connectivity index (χ4v) is 3.79. The number of likely N-dealkylation sites (tertiary alicyclic amines) is 1. The topological polar surface area (TPSA) is 72.1 Å². The second-order valence-electron chi connectivity index (χ2n) is 7.56. The number of allylic oxidation sites excluding steroid dienone is 1. The van der Waals surface area contributed by atoms with Gasteiger partial charge in [0.1, 0.15) is 12.3 Å². The number of amides is 1. The molecule has 0 spiro atoms. The van der Waals surface area contributed by atoms with Gasteiger partial charge in [-0.15, -0.1) is 0 Å². The third-order valence-electron chi connectivity index (χ3n) is 4.91. The molecule has 0 N–H and O–H groups in total. The van der Waals surface area contributed by atoms with Gasteiger partial charge in [0.2, 0.25) is 0 Å². The molecule has 1 aromatic rings. The van der Waals surface area contributed by atoms with Crippen molar-refractivity contribution in [3.63, 3.8) is 0 Å². The van der Waals surface area contributed by atoms with Crippen LogP contribution in [0.15, 0.2) is 38.8 Å². The lowest BCUT2D eigenvalue weighted by molar-refractivity contribution is -0.100. The number of hydrogen-bond acceptors (Lipinski definition) is 5. The van der Waals surface area contributed by atoms with E-state index in [1.807, 2.05) is 0 Å². The highest BCUT2D eigenvalue weighted by Crippen LogP contribution is 2.36. The second kappa shape index (κ2) is 10.7. The average molecular weight is 587 g/mol. The lowest BCUT2D eigenvalue weighted by Crippen LogP contribution is -2.57. The molecule has 1 aliphatic rings. The number of aromatic nitrogens is 2. The van der Waals surface area contributed by atoms with E-state index in [9.17, 15) is 26.7 Å². The molecule has 2 atom stereocenters. The molecule has 0 saturated carbocycles. The Kier molecular flexibility index (Phi) is 8.76. The average Bonchev–Trinajstić information content (AvgIpc) is 3.05. The van der Waals surface area contributed by atoms with Crippen LogP contribution in [0, 0.1) is 5.92 Å². The normalized spacial score (nSPS) is 21.6. The Morgan fingerprint density at radius 1 is 1.45 bits per heavy atom. The number of carbonyl (C=O) groups is 1. The number of rotatable bonds is 8. The van der Waals surface area contributed by atoms with Crippen molar-refractivity contribution in [1.82, 2.24) is 14.7 Å². The number of alkyl halides is 5. The maximum atomic E-state index is 14.3. The van der Waals surface area contributed by atoms with Crippen LogP contribution in [-0.4, -0.2) is 64.3 Å². The summed E-state index contributed by atoms with van der Waals surface area (Å²) in [6, 6.07) is -0.771. The van der Waals surface area contributed by atoms with Crippen LogP contribution in [0.1, 0.15) is 29.4 Å². The van der Waals surface area contributed by atoms with Crippen molar-refractivity contribution < 1.29 is 31.5 Å². The van der Waals surface area contributed by atoms with Crippen molar-refractivity contribution in [3.05, 3.63) is 40.1 Å². The van der Waals surface area contributed by atoms with Gasteiger partial charge in [-0.25, -0.2) is 13.8 Å². The van der Waals surface area contributed by atoms with Crippen LogP contribution >= 0.6 is 22.6 Å². The summed E-state index contributed by atoms with van der Waals surface area (Å²) in [6.07, 6.45) is -2.18. The molecule has 182 valence electrons. The maximum Gasteiger partial charge on any atom is 0.433 e. The zero-order valence-electron chi connectivity index (χ0n) is 17.9. The van der Waals surface area contributed by atoms with Gasteiger partial charge in [0, 0.05) is 47.8 Å². The number of halogens is 6. The van der Waals surface area contributed by atoms with Gasteiger partial charge >= 0.3 is 6.18 Å². The Hall–Kier alpha value is -2.32. The van der Waals surface area contributed by atoms with Crippen molar-refractivity contribution in [2.45, 2.75) is 38.0 Å². The number of hydrogen-bond donors (Lipinski definition) is 0. The van der Waals surface area contributed by atoms with E-state index in [1.54, 1.807) is 42.8 Å². The van der Waals surface area contributed by atoms with E-state index in [2.05, 4.69) is 28.4 Å². The van der Waals surface area contributed by atoms with Crippen molar-refractivity contribution in [1.29, 1.82) is 0 Å². The molecule has 13 heteroatoms. The Labute approximate surface area is 201 Å². The first-order chi connectivity index (χ1) is 15.3. The molecule has 0 bridgehead atoms. The summed E-state index contributed by atoms with van der Waals surface area (Å²) in [4.78, 5) is 21.2. The van der Waals surface area contributed by atoms with E-state index < -0.39 is 48.6 Å². The first kappa shape index (κ1) is 26.9. The molecule has 2 rings (SSSR count). The Balaban J connectivity index is 2.27. The van der Waals surface area contributed by atoms with Gasteiger partial charge in [-0.2, -0.15) is 18.3 Å². The van der Waals surface area contributed by atoms with Gasteiger partial charge in [-0.3, -0.25) is 14.5 Å². The number of aliphatic imine (C=N–C) groups is 2. The molecule has 0 aliphatic carbocycles. The molecule has 7 nitrogen and oxygen atoms in total. The van der Waals surface area contributed by atoms with Crippen LogP contribution in [-0.2, 0) is 18.3 Å². The van der Waals surface area contributed by atoms with Crippen molar-refractivity contribution in [3.8, 4) is 0 Å². The van der Waals surface area contributed by atoms with Gasteiger partial charge in [-0.1, -0.05) is 13.5 Å². The van der Waals surface area contributed by atoms with Gasteiger partial charge in [0.15, 0.2) is 9.46 Å². The Morgan fingerprint density at radius 3 is 2.70 bits per heavy atom. The first-order valence-corrected chi connectivity index (χ1v) is 10.8. The summed E-state index contributed by atoms with van der Waals surface area (Å²) in [5, 5.41) is 4.09. The van der Waals surface area contributed by atoms with Gasteiger partial charge in [-0.05, 0) is 18.7 Å². The minimum atomic E-state index is -4.68. The molecule has 1 saturated heterocycles. The van der Waals surface area contributed by atoms with Crippen molar-refractivity contribution in [2.75, 3.05) is 13.2 Å². The standard InChI is InChI=1S/C20H23F5IN5O2/c1-5-15(20(23,24)25)28-8-16(26)33-10-14-12(2)6-19(21,22)11-31(14)18(32)17-13(7-27-3)9-30(4)29-17/h5,8-9,12,14H,1,3,6-7,10-11H2,2,4H3/b16-8+,28-15?/t12-,14-/m1/s1. The summed E-state index contributed by atoms with van der Waals surface area (Å²) in [5.74, 6) is -4.48. The van der Waals surface area contributed by atoms with Crippen LogP contribution in [0.5, 0.6) is 0 Å². The van der Waals surface area contributed by atoms with E-state index in [-0.39, 0.29) is 22.6 Å². The highest BCUT2D eigenvalue weighted by molar-refractivity contribution is 14.1. The van der Waals surface area contributed by atoms with Gasteiger partial charge in [0.25, 0.3) is 11.8 Å². The van der Waals surface area contributed by atoms with Crippen LogP contribution in [0.4, 0.5) is 22.0 Å². The van der Waals surface area contributed by atoms with Crippen LogP contribution < -0.4 is 0 Å². The molecule has 1 fully saturated rings. The zero-order valence-corrected chi connectivity index (χ0v) is 20.1. The SMILES string of the molecule is C=CC(=N/C=C(\I)OC[C@@H]1[C@H](C)CC(F)(F)CN1C(=O)c1nn(C)cc1CN=C)C(F)(F)F. The molecule has 1 amide bonds. The molecule has 33 heavy (non-hydrogen) atoms. The first-order valence-electron chi connectivity index (χ1n) is 9.68. The molecule has 1 aliphatic heterocycles. The van der Waals surface area contributed by atoms with E-state index in [4.69, 9.17) is 4.74 Å². The third-order valence-corrected chi connectivity index (χ3v) is 5.50. The van der Waals surface area contributed by atoms with Gasteiger partial charge in [0.05, 0.1) is 25.3 Å². The quantitative estimate of drug-likeness (QED) is 0.194. The number of carbonyl (C=O) groups excluding carboxylic acids is 1. The third kappa shape index (κ3) is 7.08. The van der Waals surface area contributed by atoms with Gasteiger partial charge < -0.3 is 9.64 Å². The monoisotopic (exact) mass is 587 g/mol.